The first-order chi connectivity index (χ1) is 16.0. The lowest BCUT2D eigenvalue weighted by atomic mass is 9.91. The zero-order valence-electron chi connectivity index (χ0n) is 19.8. The molecule has 0 saturated carbocycles. The van der Waals surface area contributed by atoms with Crippen LogP contribution in [0.15, 0.2) is 42.0 Å². The van der Waals surface area contributed by atoms with E-state index >= 15 is 0 Å². The Balaban J connectivity index is 2.11. The van der Waals surface area contributed by atoms with E-state index in [1.807, 2.05) is 19.9 Å². The van der Waals surface area contributed by atoms with Crippen LogP contribution in [0.3, 0.4) is 0 Å². The molecule has 1 N–H and O–H groups in total. The van der Waals surface area contributed by atoms with Gasteiger partial charge >= 0.3 is 17.9 Å². The molecular weight excluding hydrogens is 440 g/mol. The highest BCUT2D eigenvalue weighted by molar-refractivity contribution is 5.74. The number of benzene rings is 2. The molecule has 1 aliphatic heterocycles. The van der Waals surface area contributed by atoms with Crippen molar-refractivity contribution in [1.29, 1.82) is 0 Å². The molecule has 34 heavy (non-hydrogen) atoms. The number of carbonyl (C=O) groups excluding carboxylic acids is 3. The van der Waals surface area contributed by atoms with Gasteiger partial charge in [0.05, 0.1) is 11.7 Å². The predicted octanol–water partition coefficient (Wildman–Crippen LogP) is 4.53. The van der Waals surface area contributed by atoms with E-state index < -0.39 is 30.1 Å². The second-order valence-electron chi connectivity index (χ2n) is 8.29. The molecule has 2 aromatic rings. The standard InChI is InChI=1S/C26H28O8/c1-14(2)6-11-20-23(32-16(4)28)13-24(33-17(5)29)25-21(30)12-22(34-26(20)25)18-7-9-19(10-8-18)31-15(3)27/h6-10,13,21-22,30H,11-12H2,1-5H3/t21-,22-/m1/s1. The summed E-state index contributed by atoms with van der Waals surface area (Å²) in [5.74, 6) is -0.573. The van der Waals surface area contributed by atoms with Gasteiger partial charge in [-0.25, -0.2) is 0 Å². The first-order valence-corrected chi connectivity index (χ1v) is 10.9. The molecule has 2 aromatic carbocycles. The number of allylic oxidation sites excluding steroid dienone is 2. The molecule has 0 amide bonds. The van der Waals surface area contributed by atoms with Gasteiger partial charge in [-0.15, -0.1) is 0 Å². The van der Waals surface area contributed by atoms with Crippen molar-refractivity contribution in [3.8, 4) is 23.0 Å². The summed E-state index contributed by atoms with van der Waals surface area (Å²) in [5.41, 5.74) is 2.68. The third-order valence-electron chi connectivity index (χ3n) is 5.11. The number of fused-ring (bicyclic) bond motifs is 1. The molecule has 3 rings (SSSR count). The van der Waals surface area contributed by atoms with Gasteiger partial charge in [-0.1, -0.05) is 23.8 Å². The molecule has 8 heteroatoms. The molecule has 1 heterocycles. The van der Waals surface area contributed by atoms with Crippen LogP contribution in [0, 0.1) is 0 Å². The number of aliphatic hydroxyl groups is 1. The van der Waals surface area contributed by atoms with Gasteiger partial charge in [-0.05, 0) is 38.0 Å². The average Bonchev–Trinajstić information content (AvgIpc) is 2.72. The fourth-order valence-corrected chi connectivity index (χ4v) is 3.74. The van der Waals surface area contributed by atoms with Crippen LogP contribution in [0.5, 0.6) is 23.0 Å². The van der Waals surface area contributed by atoms with Crippen molar-refractivity contribution in [3.05, 3.63) is 58.7 Å². The SMILES string of the molecule is CC(=O)Oc1ccc([C@H]2C[C@@H](O)c3c(OC(C)=O)cc(OC(C)=O)c(CC=C(C)C)c3O2)cc1. The molecule has 0 spiro atoms. The van der Waals surface area contributed by atoms with E-state index in [1.54, 1.807) is 24.3 Å². The second-order valence-corrected chi connectivity index (χ2v) is 8.29. The molecule has 0 fully saturated rings. The summed E-state index contributed by atoms with van der Waals surface area (Å²) in [6, 6.07) is 8.23. The highest BCUT2D eigenvalue weighted by Crippen LogP contribution is 2.50. The summed E-state index contributed by atoms with van der Waals surface area (Å²) in [6.45, 7) is 7.72. The van der Waals surface area contributed by atoms with Crippen molar-refractivity contribution >= 4 is 17.9 Å². The summed E-state index contributed by atoms with van der Waals surface area (Å²) >= 11 is 0. The number of hydrogen-bond donors (Lipinski definition) is 1. The van der Waals surface area contributed by atoms with Crippen LogP contribution < -0.4 is 18.9 Å². The van der Waals surface area contributed by atoms with E-state index in [9.17, 15) is 19.5 Å². The van der Waals surface area contributed by atoms with E-state index in [0.29, 0.717) is 29.0 Å². The number of rotatable bonds is 6. The van der Waals surface area contributed by atoms with Crippen molar-refractivity contribution in [2.24, 2.45) is 0 Å². The first-order valence-electron chi connectivity index (χ1n) is 10.9. The minimum atomic E-state index is -1.01. The molecule has 0 aliphatic carbocycles. The molecule has 1 aliphatic rings. The maximum absolute atomic E-state index is 11.8. The zero-order chi connectivity index (χ0) is 25.0. The van der Waals surface area contributed by atoms with Crippen LogP contribution in [0.1, 0.15) is 69.9 Å². The Hall–Kier alpha value is -3.65. The third kappa shape index (κ3) is 6.02. The Labute approximate surface area is 198 Å². The molecule has 0 bridgehead atoms. The van der Waals surface area contributed by atoms with Gasteiger partial charge in [0.1, 0.15) is 29.1 Å². The summed E-state index contributed by atoms with van der Waals surface area (Å²) in [4.78, 5) is 34.7. The minimum absolute atomic E-state index is 0.0795. The third-order valence-corrected chi connectivity index (χ3v) is 5.11. The highest BCUT2D eigenvalue weighted by Gasteiger charge is 2.35. The monoisotopic (exact) mass is 468 g/mol. The minimum Gasteiger partial charge on any atom is -0.485 e. The number of hydrogen-bond acceptors (Lipinski definition) is 8. The van der Waals surface area contributed by atoms with Gasteiger partial charge in [0, 0.05) is 38.8 Å². The molecule has 8 nitrogen and oxygen atoms in total. The summed E-state index contributed by atoms with van der Waals surface area (Å²) in [6.07, 6.45) is 0.966. The van der Waals surface area contributed by atoms with Gasteiger partial charge in [0.15, 0.2) is 0 Å². The van der Waals surface area contributed by atoms with Crippen molar-refractivity contribution < 1.29 is 38.4 Å². The molecule has 0 radical (unpaired) electrons. The fourth-order valence-electron chi connectivity index (χ4n) is 3.74. The van der Waals surface area contributed by atoms with E-state index in [4.69, 9.17) is 18.9 Å². The van der Waals surface area contributed by atoms with Gasteiger partial charge in [-0.2, -0.15) is 0 Å². The maximum Gasteiger partial charge on any atom is 0.308 e. The van der Waals surface area contributed by atoms with Crippen LogP contribution in [0.2, 0.25) is 0 Å². The molecule has 0 unspecified atom stereocenters. The van der Waals surface area contributed by atoms with Gasteiger partial charge in [-0.3, -0.25) is 14.4 Å². The van der Waals surface area contributed by atoms with Crippen LogP contribution in [-0.2, 0) is 20.8 Å². The average molecular weight is 469 g/mol. The molecule has 2 atom stereocenters. The maximum atomic E-state index is 11.8. The number of ether oxygens (including phenoxy) is 4. The van der Waals surface area contributed by atoms with Crippen LogP contribution in [0.4, 0.5) is 0 Å². The second kappa shape index (κ2) is 10.5. The Morgan fingerprint density at radius 1 is 0.941 bits per heavy atom. The zero-order valence-corrected chi connectivity index (χ0v) is 19.8. The molecule has 0 aromatic heterocycles. The predicted molar refractivity (Wildman–Crippen MR) is 123 cm³/mol. The van der Waals surface area contributed by atoms with Crippen LogP contribution in [0.25, 0.3) is 0 Å². The normalized spacial score (nSPS) is 16.5. The number of carbonyl (C=O) groups is 3. The van der Waals surface area contributed by atoms with E-state index in [2.05, 4.69) is 0 Å². The van der Waals surface area contributed by atoms with E-state index in [1.165, 1.54) is 26.8 Å². The van der Waals surface area contributed by atoms with Crippen LogP contribution in [-0.4, -0.2) is 23.0 Å². The number of aliphatic hydroxyl groups excluding tert-OH is 1. The number of esters is 3. The largest absolute Gasteiger partial charge is 0.485 e. The summed E-state index contributed by atoms with van der Waals surface area (Å²) < 4.78 is 22.2. The fraction of sp³-hybridized carbons (Fsp3) is 0.346. The topological polar surface area (TPSA) is 108 Å². The van der Waals surface area contributed by atoms with Crippen molar-refractivity contribution in [1.82, 2.24) is 0 Å². The Kier molecular flexibility index (Phi) is 7.73. The van der Waals surface area contributed by atoms with Gasteiger partial charge in [0.2, 0.25) is 0 Å². The lowest BCUT2D eigenvalue weighted by Gasteiger charge is -2.33. The highest BCUT2D eigenvalue weighted by atomic mass is 16.6. The van der Waals surface area contributed by atoms with E-state index in [-0.39, 0.29) is 17.9 Å². The smallest absolute Gasteiger partial charge is 0.308 e. The Morgan fingerprint density at radius 2 is 1.53 bits per heavy atom. The van der Waals surface area contributed by atoms with Crippen molar-refractivity contribution in [2.45, 2.75) is 59.7 Å². The van der Waals surface area contributed by atoms with Gasteiger partial charge in [0.25, 0.3) is 0 Å². The van der Waals surface area contributed by atoms with Crippen molar-refractivity contribution in [2.75, 3.05) is 0 Å². The van der Waals surface area contributed by atoms with Gasteiger partial charge < -0.3 is 24.1 Å². The molecule has 180 valence electrons. The summed E-state index contributed by atoms with van der Waals surface area (Å²) in [7, 11) is 0. The first kappa shape index (κ1) is 25.0. The Bertz CT molecular complexity index is 1130. The molecule has 0 saturated heterocycles. The van der Waals surface area contributed by atoms with Crippen LogP contribution >= 0.6 is 0 Å². The quantitative estimate of drug-likeness (QED) is 0.374. The summed E-state index contributed by atoms with van der Waals surface area (Å²) in [5, 5.41) is 11.1. The molecular formula is C26H28O8. The lowest BCUT2D eigenvalue weighted by Crippen LogP contribution is -2.22. The Morgan fingerprint density at radius 3 is 2.09 bits per heavy atom. The lowest BCUT2D eigenvalue weighted by molar-refractivity contribution is -0.133. The van der Waals surface area contributed by atoms with Crippen molar-refractivity contribution in [3.63, 3.8) is 0 Å². The van der Waals surface area contributed by atoms with E-state index in [0.717, 1.165) is 11.1 Å².